The highest BCUT2D eigenvalue weighted by Crippen LogP contribution is 2.44. The molecule has 1 atom stereocenters. The summed E-state index contributed by atoms with van der Waals surface area (Å²) in [6.45, 7) is -0.222. The zero-order valence-electron chi connectivity index (χ0n) is 18.8. The van der Waals surface area contributed by atoms with Gasteiger partial charge < -0.3 is 25.2 Å². The number of carbonyl (C=O) groups excluding carboxylic acids is 2. The second-order valence-corrected chi connectivity index (χ2v) is 8.01. The number of benzene rings is 2. The van der Waals surface area contributed by atoms with Crippen LogP contribution >= 0.6 is 0 Å². The lowest BCUT2D eigenvalue weighted by Gasteiger charge is -2.31. The minimum Gasteiger partial charge on any atom is -0.477 e. The minimum atomic E-state index is -4.16. The third kappa shape index (κ3) is 5.01. The fourth-order valence-electron chi connectivity index (χ4n) is 4.02. The number of ether oxygens (including phenoxy) is 2. The predicted molar refractivity (Wildman–Crippen MR) is 119 cm³/mol. The number of hydrogen-bond acceptors (Lipinski definition) is 5. The van der Waals surface area contributed by atoms with Gasteiger partial charge in [-0.25, -0.2) is 9.59 Å². The van der Waals surface area contributed by atoms with Crippen LogP contribution in [-0.4, -0.2) is 61.4 Å². The molecule has 0 spiro atoms. The Kier molecular flexibility index (Phi) is 7.51. The van der Waals surface area contributed by atoms with E-state index in [9.17, 15) is 23.2 Å². The van der Waals surface area contributed by atoms with E-state index in [1.807, 2.05) is 53.8 Å². The number of carbonyl (C=O) groups is 3. The largest absolute Gasteiger partial charge is 0.477 e. The van der Waals surface area contributed by atoms with Gasteiger partial charge >= 0.3 is 18.0 Å². The lowest BCUT2D eigenvalue weighted by atomic mass is 9.96. The summed E-state index contributed by atoms with van der Waals surface area (Å²) in [6, 6.07) is 15.6. The number of nitrogens with one attached hydrogen (secondary N) is 2. The van der Waals surface area contributed by atoms with Gasteiger partial charge in [-0.1, -0.05) is 55.5 Å². The standard InChI is InChI=1S/C24H26F2N2O6/c1-3-23(14-33-2,20(29)27-13-24(25,26)21(30)31)28-22(32)34-12-19-17-10-6-4-8-15(17)16-9-5-7-11-18(16)19/h4-11,19H,3,12-14H2,1-2H3,(H,27,29)(H,28,32)(H,30,31). The van der Waals surface area contributed by atoms with Crippen molar-refractivity contribution in [2.24, 2.45) is 0 Å². The maximum absolute atomic E-state index is 13.4. The zero-order valence-corrected chi connectivity index (χ0v) is 18.8. The molecule has 0 saturated heterocycles. The Labute approximate surface area is 195 Å². The first-order chi connectivity index (χ1) is 16.1. The highest BCUT2D eigenvalue weighted by atomic mass is 19.3. The molecule has 1 aliphatic carbocycles. The molecule has 0 bridgehead atoms. The van der Waals surface area contributed by atoms with E-state index in [0.29, 0.717) is 0 Å². The van der Waals surface area contributed by atoms with Crippen LogP contribution < -0.4 is 10.6 Å². The highest BCUT2D eigenvalue weighted by Gasteiger charge is 2.44. The number of amides is 2. The average Bonchev–Trinajstić information content (AvgIpc) is 3.14. The van der Waals surface area contributed by atoms with Crippen LogP contribution in [0.5, 0.6) is 0 Å². The first-order valence-corrected chi connectivity index (χ1v) is 10.7. The quantitative estimate of drug-likeness (QED) is 0.486. The number of alkyl carbamates (subject to hydrolysis) is 1. The first-order valence-electron chi connectivity index (χ1n) is 10.7. The van der Waals surface area contributed by atoms with E-state index in [4.69, 9.17) is 14.6 Å². The molecule has 0 saturated carbocycles. The SMILES string of the molecule is CCC(COC)(NC(=O)OCC1c2ccccc2-c2ccccc21)C(=O)NCC(F)(F)C(=O)O. The van der Waals surface area contributed by atoms with E-state index < -0.39 is 36.0 Å². The molecule has 0 heterocycles. The van der Waals surface area contributed by atoms with Crippen molar-refractivity contribution in [3.63, 3.8) is 0 Å². The summed E-state index contributed by atoms with van der Waals surface area (Å²) in [5, 5.41) is 12.9. The summed E-state index contributed by atoms with van der Waals surface area (Å²) >= 11 is 0. The van der Waals surface area contributed by atoms with Crippen LogP contribution in [0.2, 0.25) is 0 Å². The number of alkyl halides is 2. The number of carboxylic acid groups (broad SMARTS) is 1. The maximum Gasteiger partial charge on any atom is 0.408 e. The first kappa shape index (κ1) is 25.1. The van der Waals surface area contributed by atoms with E-state index in [2.05, 4.69) is 5.32 Å². The topological polar surface area (TPSA) is 114 Å². The molecule has 1 aliphatic rings. The Bertz CT molecular complexity index is 1030. The Morgan fingerprint density at radius 1 is 1.03 bits per heavy atom. The van der Waals surface area contributed by atoms with Crippen LogP contribution in [0.4, 0.5) is 13.6 Å². The molecule has 0 radical (unpaired) electrons. The highest BCUT2D eigenvalue weighted by molar-refractivity contribution is 5.90. The van der Waals surface area contributed by atoms with Crippen molar-refractivity contribution in [2.75, 3.05) is 26.9 Å². The molecule has 3 N–H and O–H groups in total. The number of aliphatic carboxylic acids is 1. The molecule has 1 unspecified atom stereocenters. The van der Waals surface area contributed by atoms with Crippen LogP contribution in [0.3, 0.4) is 0 Å². The summed E-state index contributed by atoms with van der Waals surface area (Å²) in [6.07, 6.45) is -0.948. The smallest absolute Gasteiger partial charge is 0.408 e. The normalized spacial score (nSPS) is 14.5. The summed E-state index contributed by atoms with van der Waals surface area (Å²) in [5.41, 5.74) is 2.38. The van der Waals surface area contributed by atoms with Crippen molar-refractivity contribution in [1.82, 2.24) is 10.6 Å². The lowest BCUT2D eigenvalue weighted by molar-refractivity contribution is -0.164. The number of rotatable bonds is 10. The molecule has 2 aromatic carbocycles. The van der Waals surface area contributed by atoms with Crippen molar-refractivity contribution < 1.29 is 37.7 Å². The van der Waals surface area contributed by atoms with Gasteiger partial charge in [0.15, 0.2) is 0 Å². The Hall–Kier alpha value is -3.53. The number of halogens is 2. The van der Waals surface area contributed by atoms with Crippen molar-refractivity contribution in [3.8, 4) is 11.1 Å². The molecule has 10 heteroatoms. The second-order valence-electron chi connectivity index (χ2n) is 8.01. The molecule has 34 heavy (non-hydrogen) atoms. The van der Waals surface area contributed by atoms with Gasteiger partial charge in [-0.2, -0.15) is 8.78 Å². The van der Waals surface area contributed by atoms with Crippen molar-refractivity contribution in [3.05, 3.63) is 59.7 Å². The van der Waals surface area contributed by atoms with E-state index in [1.165, 1.54) is 7.11 Å². The molecule has 0 aromatic heterocycles. The van der Waals surface area contributed by atoms with E-state index in [0.717, 1.165) is 22.3 Å². The van der Waals surface area contributed by atoms with Crippen molar-refractivity contribution in [2.45, 2.75) is 30.7 Å². The van der Waals surface area contributed by atoms with Gasteiger partial charge in [-0.15, -0.1) is 0 Å². The molecular weight excluding hydrogens is 450 g/mol. The molecule has 2 aromatic rings. The van der Waals surface area contributed by atoms with E-state index in [1.54, 1.807) is 6.92 Å². The summed E-state index contributed by atoms with van der Waals surface area (Å²) < 4.78 is 37.3. The molecule has 0 fully saturated rings. The van der Waals surface area contributed by atoms with Gasteiger partial charge in [-0.05, 0) is 28.7 Å². The monoisotopic (exact) mass is 476 g/mol. The van der Waals surface area contributed by atoms with Crippen LogP contribution in [0.15, 0.2) is 48.5 Å². The van der Waals surface area contributed by atoms with Gasteiger partial charge in [-0.3, -0.25) is 4.79 Å². The van der Waals surface area contributed by atoms with Crippen LogP contribution in [0.25, 0.3) is 11.1 Å². The van der Waals surface area contributed by atoms with E-state index >= 15 is 0 Å². The number of hydrogen-bond donors (Lipinski definition) is 3. The van der Waals surface area contributed by atoms with E-state index in [-0.39, 0.29) is 25.6 Å². The molecule has 0 aliphatic heterocycles. The zero-order chi connectivity index (χ0) is 24.9. The van der Waals surface area contributed by atoms with Gasteiger partial charge in [0.25, 0.3) is 0 Å². The number of carboxylic acids is 1. The van der Waals surface area contributed by atoms with Gasteiger partial charge in [0.05, 0.1) is 13.2 Å². The summed E-state index contributed by atoms with van der Waals surface area (Å²) in [7, 11) is 1.28. The summed E-state index contributed by atoms with van der Waals surface area (Å²) in [5.74, 6) is -7.75. The van der Waals surface area contributed by atoms with Crippen molar-refractivity contribution in [1.29, 1.82) is 0 Å². The molecular formula is C24H26F2N2O6. The van der Waals surface area contributed by atoms with Gasteiger partial charge in [0.1, 0.15) is 12.1 Å². The van der Waals surface area contributed by atoms with Gasteiger partial charge in [0, 0.05) is 13.0 Å². The Morgan fingerprint density at radius 2 is 1.59 bits per heavy atom. The number of fused-ring (bicyclic) bond motifs is 3. The predicted octanol–water partition coefficient (Wildman–Crippen LogP) is 3.16. The molecule has 3 rings (SSSR count). The van der Waals surface area contributed by atoms with Gasteiger partial charge in [0.2, 0.25) is 5.91 Å². The lowest BCUT2D eigenvalue weighted by Crippen LogP contribution is -2.62. The molecule has 8 nitrogen and oxygen atoms in total. The third-order valence-electron chi connectivity index (χ3n) is 5.90. The van der Waals surface area contributed by atoms with Crippen LogP contribution in [0, 0.1) is 0 Å². The van der Waals surface area contributed by atoms with Crippen LogP contribution in [-0.2, 0) is 19.1 Å². The third-order valence-corrected chi connectivity index (χ3v) is 5.90. The summed E-state index contributed by atoms with van der Waals surface area (Å²) in [4.78, 5) is 36.0. The fraction of sp³-hybridized carbons (Fsp3) is 0.375. The van der Waals surface area contributed by atoms with Crippen molar-refractivity contribution >= 4 is 18.0 Å². The average molecular weight is 476 g/mol. The Morgan fingerprint density at radius 3 is 2.09 bits per heavy atom. The van der Waals surface area contributed by atoms with Crippen LogP contribution in [0.1, 0.15) is 30.4 Å². The Balaban J connectivity index is 1.71. The number of methoxy groups -OCH3 is 1. The second kappa shape index (κ2) is 10.2. The molecule has 2 amide bonds. The minimum absolute atomic E-state index is 0.00859. The maximum atomic E-state index is 13.4. The molecule has 182 valence electrons. The fourth-order valence-corrected chi connectivity index (χ4v) is 4.02.